The Labute approximate surface area is 164 Å². The van der Waals surface area contributed by atoms with Gasteiger partial charge < -0.3 is 14.2 Å². The Bertz CT molecular complexity index is 857. The van der Waals surface area contributed by atoms with E-state index < -0.39 is 0 Å². The Morgan fingerprint density at radius 2 is 2.16 bits per heavy atom. The monoisotopic (exact) mass is 445 g/mol. The van der Waals surface area contributed by atoms with Crippen molar-refractivity contribution in [1.82, 2.24) is 9.55 Å². The predicted octanol–water partition coefficient (Wildman–Crippen LogP) is 4.60. The zero-order valence-corrected chi connectivity index (χ0v) is 17.0. The number of hydrogen-bond donors (Lipinski definition) is 0. The maximum absolute atomic E-state index is 13.1. The second-order valence-electron chi connectivity index (χ2n) is 5.91. The van der Waals surface area contributed by atoms with Gasteiger partial charge in [-0.05, 0) is 30.5 Å². The zero-order chi connectivity index (χ0) is 18.1. The van der Waals surface area contributed by atoms with Gasteiger partial charge in [-0.3, -0.25) is 4.79 Å². The molecule has 2 aromatic rings. The number of anilines is 2. The minimum atomic E-state index is -0.194. The summed E-state index contributed by atoms with van der Waals surface area (Å²) in [5.74, 6) is 0.296. The molecule has 5 nitrogen and oxygen atoms in total. The average molecular weight is 447 g/mol. The molecule has 0 saturated heterocycles. The first-order valence-corrected chi connectivity index (χ1v) is 9.54. The molecule has 0 amide bonds. The molecular weight excluding hydrogens is 429 g/mol. The Morgan fingerprint density at radius 1 is 1.40 bits per heavy atom. The van der Waals surface area contributed by atoms with Crippen molar-refractivity contribution >= 4 is 50.6 Å². The topological polar surface area (TPSA) is 47.4 Å². The van der Waals surface area contributed by atoms with E-state index >= 15 is 0 Å². The standard InChI is InChI=1S/C17H18BrCl2N3O2/c1-3-12(9-25-2)23-8-14(20)21-16(17(23)24)22-5-4-10-6-11(18)7-13(19)15(10)22/h6-8,12H,3-5,9H2,1-2H3/t12-/m0/s1. The number of ether oxygens (including phenoxy) is 1. The number of nitrogens with zero attached hydrogens (tertiary/aromatic N) is 3. The summed E-state index contributed by atoms with van der Waals surface area (Å²) in [5.41, 5.74) is 1.71. The molecule has 0 N–H and O–H groups in total. The van der Waals surface area contributed by atoms with Crippen LogP contribution in [0.3, 0.4) is 0 Å². The van der Waals surface area contributed by atoms with E-state index in [-0.39, 0.29) is 16.8 Å². The highest BCUT2D eigenvalue weighted by Crippen LogP contribution is 2.40. The van der Waals surface area contributed by atoms with Crippen molar-refractivity contribution in [2.45, 2.75) is 25.8 Å². The highest BCUT2D eigenvalue weighted by molar-refractivity contribution is 9.10. The Hall–Kier alpha value is -1.08. The van der Waals surface area contributed by atoms with E-state index in [1.54, 1.807) is 17.9 Å². The fourth-order valence-corrected chi connectivity index (χ4v) is 4.33. The molecule has 0 fully saturated rings. The minimum absolute atomic E-state index is 0.0980. The van der Waals surface area contributed by atoms with E-state index in [0.29, 0.717) is 24.0 Å². The van der Waals surface area contributed by atoms with E-state index in [1.807, 2.05) is 24.0 Å². The summed E-state index contributed by atoms with van der Waals surface area (Å²) < 4.78 is 7.76. The van der Waals surface area contributed by atoms with Crippen LogP contribution in [0, 0.1) is 0 Å². The molecule has 1 aromatic heterocycles. The number of methoxy groups -OCH3 is 1. The first-order chi connectivity index (χ1) is 12.0. The zero-order valence-electron chi connectivity index (χ0n) is 13.9. The molecule has 1 atom stereocenters. The molecule has 3 rings (SSSR count). The molecule has 0 spiro atoms. The fourth-order valence-electron chi connectivity index (χ4n) is 3.17. The molecule has 1 aliphatic rings. The number of halogens is 3. The van der Waals surface area contributed by atoms with Crippen molar-refractivity contribution in [2.75, 3.05) is 25.2 Å². The minimum Gasteiger partial charge on any atom is -0.383 e. The summed E-state index contributed by atoms with van der Waals surface area (Å²) in [4.78, 5) is 19.2. The van der Waals surface area contributed by atoms with Crippen LogP contribution in [-0.4, -0.2) is 29.8 Å². The van der Waals surface area contributed by atoms with Gasteiger partial charge in [0.25, 0.3) is 5.56 Å². The molecule has 0 bridgehead atoms. The molecule has 134 valence electrons. The predicted molar refractivity (Wildman–Crippen MR) is 105 cm³/mol. The lowest BCUT2D eigenvalue weighted by atomic mass is 10.2. The molecule has 2 heterocycles. The van der Waals surface area contributed by atoms with Crippen molar-refractivity contribution in [3.8, 4) is 0 Å². The van der Waals surface area contributed by atoms with E-state index in [2.05, 4.69) is 20.9 Å². The lowest BCUT2D eigenvalue weighted by Gasteiger charge is -2.23. The summed E-state index contributed by atoms with van der Waals surface area (Å²) in [6.45, 7) is 3.07. The van der Waals surface area contributed by atoms with Gasteiger partial charge in [0.05, 0.1) is 23.4 Å². The van der Waals surface area contributed by atoms with Crippen LogP contribution in [-0.2, 0) is 11.2 Å². The highest BCUT2D eigenvalue weighted by Gasteiger charge is 2.28. The van der Waals surface area contributed by atoms with Crippen LogP contribution in [0.1, 0.15) is 24.9 Å². The van der Waals surface area contributed by atoms with Gasteiger partial charge in [-0.15, -0.1) is 0 Å². The van der Waals surface area contributed by atoms with Gasteiger partial charge in [-0.2, -0.15) is 0 Å². The quantitative estimate of drug-likeness (QED) is 0.673. The van der Waals surface area contributed by atoms with Crippen molar-refractivity contribution in [3.05, 3.63) is 48.9 Å². The van der Waals surface area contributed by atoms with Crippen molar-refractivity contribution in [2.24, 2.45) is 0 Å². The Kier molecular flexibility index (Phi) is 5.73. The van der Waals surface area contributed by atoms with Crippen molar-refractivity contribution in [3.63, 3.8) is 0 Å². The summed E-state index contributed by atoms with van der Waals surface area (Å²) in [6.07, 6.45) is 3.11. The van der Waals surface area contributed by atoms with E-state index in [1.165, 1.54) is 0 Å². The van der Waals surface area contributed by atoms with Gasteiger partial charge in [-0.25, -0.2) is 4.98 Å². The van der Waals surface area contributed by atoms with Gasteiger partial charge in [0.15, 0.2) is 0 Å². The van der Waals surface area contributed by atoms with Crippen LogP contribution in [0.25, 0.3) is 0 Å². The number of hydrogen-bond acceptors (Lipinski definition) is 4. The van der Waals surface area contributed by atoms with E-state index in [4.69, 9.17) is 27.9 Å². The third-order valence-electron chi connectivity index (χ3n) is 4.35. The number of fused-ring (bicyclic) bond motifs is 1. The first kappa shape index (κ1) is 18.7. The summed E-state index contributed by atoms with van der Waals surface area (Å²) in [6, 6.07) is 3.74. The number of rotatable bonds is 5. The Morgan fingerprint density at radius 3 is 2.84 bits per heavy atom. The first-order valence-electron chi connectivity index (χ1n) is 7.99. The summed E-state index contributed by atoms with van der Waals surface area (Å²) >= 11 is 16.1. The third-order valence-corrected chi connectivity index (χ3v) is 5.27. The molecular formula is C17H18BrCl2N3O2. The molecule has 8 heteroatoms. The van der Waals surface area contributed by atoms with Gasteiger partial charge >= 0.3 is 0 Å². The van der Waals surface area contributed by atoms with Crippen LogP contribution in [0.4, 0.5) is 11.5 Å². The molecule has 0 saturated carbocycles. The molecule has 25 heavy (non-hydrogen) atoms. The Balaban J connectivity index is 2.12. The molecule has 0 unspecified atom stereocenters. The second-order valence-corrected chi connectivity index (χ2v) is 7.62. The van der Waals surface area contributed by atoms with Gasteiger partial charge in [0, 0.05) is 24.3 Å². The smallest absolute Gasteiger partial charge is 0.294 e. The fraction of sp³-hybridized carbons (Fsp3) is 0.412. The SMILES string of the molecule is CC[C@@H](COC)n1cc(Cl)nc(N2CCc3cc(Br)cc(Cl)c32)c1=O. The van der Waals surface area contributed by atoms with Crippen molar-refractivity contribution in [1.29, 1.82) is 0 Å². The van der Waals surface area contributed by atoms with Crippen LogP contribution in [0.5, 0.6) is 0 Å². The highest BCUT2D eigenvalue weighted by atomic mass is 79.9. The van der Waals surface area contributed by atoms with Crippen LogP contribution in [0.2, 0.25) is 10.2 Å². The molecule has 1 aromatic carbocycles. The molecule has 0 radical (unpaired) electrons. The van der Waals surface area contributed by atoms with Crippen LogP contribution >= 0.6 is 39.1 Å². The lowest BCUT2D eigenvalue weighted by molar-refractivity contribution is 0.151. The van der Waals surface area contributed by atoms with Gasteiger partial charge in [0.2, 0.25) is 5.82 Å². The molecule has 0 aliphatic carbocycles. The van der Waals surface area contributed by atoms with Gasteiger partial charge in [0.1, 0.15) is 5.15 Å². The van der Waals surface area contributed by atoms with Crippen LogP contribution < -0.4 is 10.5 Å². The largest absolute Gasteiger partial charge is 0.383 e. The normalized spacial score (nSPS) is 14.7. The van der Waals surface area contributed by atoms with Crippen LogP contribution in [0.15, 0.2) is 27.6 Å². The van der Waals surface area contributed by atoms with E-state index in [0.717, 1.165) is 28.6 Å². The molecule has 1 aliphatic heterocycles. The maximum Gasteiger partial charge on any atom is 0.294 e. The second kappa shape index (κ2) is 7.66. The number of aromatic nitrogens is 2. The lowest BCUT2D eigenvalue weighted by Crippen LogP contribution is -2.33. The summed E-state index contributed by atoms with van der Waals surface area (Å²) in [5, 5.41) is 0.851. The number of benzene rings is 1. The summed E-state index contributed by atoms with van der Waals surface area (Å²) in [7, 11) is 1.62. The maximum atomic E-state index is 13.1. The average Bonchev–Trinajstić information content (AvgIpc) is 2.98. The van der Waals surface area contributed by atoms with Crippen molar-refractivity contribution < 1.29 is 4.74 Å². The third kappa shape index (κ3) is 3.58. The van der Waals surface area contributed by atoms with E-state index in [9.17, 15) is 4.79 Å². The van der Waals surface area contributed by atoms with Gasteiger partial charge in [-0.1, -0.05) is 46.1 Å².